The lowest BCUT2D eigenvalue weighted by Crippen LogP contribution is -2.60. The maximum atomic E-state index is 13.8. The molecule has 0 aromatic heterocycles. The number of carbonyl (C=O) groups excluding carboxylic acids is 3. The molecule has 1 aliphatic heterocycles. The molecule has 0 aromatic rings. The lowest BCUT2D eigenvalue weighted by molar-refractivity contribution is -0.221. The minimum Gasteiger partial charge on any atom is -0.458 e. The van der Waals surface area contributed by atoms with Crippen molar-refractivity contribution < 1.29 is 28.6 Å². The standard InChI is InChI=1S/C28H42O6/c1-5-28(19-12-17-11-18(14-19)15-20(28)13-17)34-26(31)27(3,4)23-22(24(29)33-25(23)30)16(2)32-21-9-7-6-8-10-21/h16-23H,5-15H2,1-4H3. The molecule has 0 amide bonds. The molecule has 190 valence electrons. The maximum absolute atomic E-state index is 13.8. The van der Waals surface area contributed by atoms with Crippen LogP contribution < -0.4 is 0 Å². The van der Waals surface area contributed by atoms with E-state index in [0.29, 0.717) is 11.8 Å². The Bertz CT molecular complexity index is 797. The Morgan fingerprint density at radius 3 is 2.15 bits per heavy atom. The van der Waals surface area contributed by atoms with E-state index in [9.17, 15) is 14.4 Å². The van der Waals surface area contributed by atoms with Gasteiger partial charge in [-0.1, -0.05) is 26.2 Å². The summed E-state index contributed by atoms with van der Waals surface area (Å²) in [5.41, 5.74) is -1.61. The maximum Gasteiger partial charge on any atom is 0.320 e. The first-order chi connectivity index (χ1) is 16.2. The summed E-state index contributed by atoms with van der Waals surface area (Å²) in [5, 5.41) is 0. The van der Waals surface area contributed by atoms with Gasteiger partial charge in [-0.05, 0) is 95.8 Å². The molecular weight excluding hydrogens is 432 g/mol. The number of ether oxygens (including phenoxy) is 3. The van der Waals surface area contributed by atoms with Gasteiger partial charge in [-0.3, -0.25) is 14.4 Å². The Labute approximate surface area is 203 Å². The third-order valence-corrected chi connectivity index (χ3v) is 10.2. The van der Waals surface area contributed by atoms with E-state index >= 15 is 0 Å². The van der Waals surface area contributed by atoms with Crippen LogP contribution in [-0.2, 0) is 28.6 Å². The topological polar surface area (TPSA) is 78.9 Å². The number of cyclic esters (lactones) is 2. The molecular formula is C28H42O6. The summed E-state index contributed by atoms with van der Waals surface area (Å²) in [7, 11) is 0. The molecule has 6 nitrogen and oxygen atoms in total. The predicted molar refractivity (Wildman–Crippen MR) is 125 cm³/mol. The molecule has 6 heteroatoms. The highest BCUT2D eigenvalue weighted by Gasteiger charge is 2.62. The van der Waals surface area contributed by atoms with Crippen molar-refractivity contribution in [3.8, 4) is 0 Å². The smallest absolute Gasteiger partial charge is 0.320 e. The Morgan fingerprint density at radius 2 is 1.59 bits per heavy atom. The van der Waals surface area contributed by atoms with Crippen molar-refractivity contribution in [3.05, 3.63) is 0 Å². The van der Waals surface area contributed by atoms with Crippen LogP contribution in [0, 0.1) is 40.9 Å². The van der Waals surface area contributed by atoms with Gasteiger partial charge in [-0.15, -0.1) is 0 Å². The summed E-state index contributed by atoms with van der Waals surface area (Å²) in [6.45, 7) is 7.48. The Kier molecular flexibility index (Phi) is 6.35. The van der Waals surface area contributed by atoms with Crippen LogP contribution in [0.4, 0.5) is 0 Å². The molecule has 3 atom stereocenters. The van der Waals surface area contributed by atoms with Gasteiger partial charge in [0.2, 0.25) is 0 Å². The Hall–Kier alpha value is -1.43. The average molecular weight is 475 g/mol. The fraction of sp³-hybridized carbons (Fsp3) is 0.893. The molecule has 0 spiro atoms. The molecule has 6 rings (SSSR count). The highest BCUT2D eigenvalue weighted by Crippen LogP contribution is 2.61. The van der Waals surface area contributed by atoms with Gasteiger partial charge in [0.25, 0.3) is 0 Å². The zero-order chi connectivity index (χ0) is 24.3. The fourth-order valence-corrected chi connectivity index (χ4v) is 8.54. The van der Waals surface area contributed by atoms with Crippen LogP contribution in [0.15, 0.2) is 0 Å². The molecule has 6 aliphatic rings. The molecule has 4 bridgehead atoms. The predicted octanol–water partition coefficient (Wildman–Crippen LogP) is 5.21. The van der Waals surface area contributed by atoms with E-state index in [1.807, 2.05) is 6.92 Å². The van der Waals surface area contributed by atoms with Crippen molar-refractivity contribution >= 4 is 17.9 Å². The number of hydrogen-bond donors (Lipinski definition) is 0. The van der Waals surface area contributed by atoms with E-state index in [0.717, 1.165) is 69.6 Å². The number of esters is 3. The van der Waals surface area contributed by atoms with Crippen molar-refractivity contribution in [1.29, 1.82) is 0 Å². The minimum atomic E-state index is -1.17. The van der Waals surface area contributed by atoms with E-state index in [1.165, 1.54) is 12.8 Å². The number of carbonyl (C=O) groups is 3. The molecule has 3 unspecified atom stereocenters. The summed E-state index contributed by atoms with van der Waals surface area (Å²) < 4.78 is 17.9. The van der Waals surface area contributed by atoms with Gasteiger partial charge in [0, 0.05) is 0 Å². The molecule has 1 saturated heterocycles. The van der Waals surface area contributed by atoms with Gasteiger partial charge < -0.3 is 14.2 Å². The van der Waals surface area contributed by atoms with Gasteiger partial charge in [0.05, 0.1) is 29.5 Å². The SMILES string of the molecule is CCC1(OC(=O)C(C)(C)C2C(=O)OC(=O)C2C(C)OC2CCCCC2)C2CC3CC(C2)CC1C3. The normalized spacial score (nSPS) is 40.9. The summed E-state index contributed by atoms with van der Waals surface area (Å²) in [6, 6.07) is 0. The molecule has 0 radical (unpaired) electrons. The number of hydrogen-bond acceptors (Lipinski definition) is 6. The summed E-state index contributed by atoms with van der Waals surface area (Å²) in [4.78, 5) is 39.5. The summed E-state index contributed by atoms with van der Waals surface area (Å²) in [5.74, 6) is -0.856. The van der Waals surface area contributed by atoms with Crippen LogP contribution in [0.2, 0.25) is 0 Å². The first-order valence-corrected chi connectivity index (χ1v) is 13.8. The largest absolute Gasteiger partial charge is 0.458 e. The van der Waals surface area contributed by atoms with E-state index in [2.05, 4.69) is 6.92 Å². The van der Waals surface area contributed by atoms with Crippen molar-refractivity contribution in [3.63, 3.8) is 0 Å². The van der Waals surface area contributed by atoms with E-state index in [4.69, 9.17) is 14.2 Å². The third-order valence-electron chi connectivity index (χ3n) is 10.2. The molecule has 0 aromatic carbocycles. The Morgan fingerprint density at radius 1 is 1.00 bits per heavy atom. The van der Waals surface area contributed by atoms with Crippen LogP contribution in [0.25, 0.3) is 0 Å². The molecule has 0 N–H and O–H groups in total. The quantitative estimate of drug-likeness (QED) is 0.372. The first kappa shape index (κ1) is 24.3. The average Bonchev–Trinajstić information content (AvgIpc) is 3.10. The van der Waals surface area contributed by atoms with Gasteiger partial charge in [-0.25, -0.2) is 0 Å². The zero-order valence-electron chi connectivity index (χ0n) is 21.3. The molecule has 6 fully saturated rings. The minimum absolute atomic E-state index is 0.0966. The van der Waals surface area contributed by atoms with Gasteiger partial charge >= 0.3 is 17.9 Å². The number of rotatable bonds is 7. The van der Waals surface area contributed by atoms with E-state index < -0.39 is 40.9 Å². The van der Waals surface area contributed by atoms with E-state index in [-0.39, 0.29) is 12.1 Å². The van der Waals surface area contributed by atoms with Crippen molar-refractivity contribution in [1.82, 2.24) is 0 Å². The fourth-order valence-electron chi connectivity index (χ4n) is 8.54. The highest BCUT2D eigenvalue weighted by molar-refractivity contribution is 6.00. The van der Waals surface area contributed by atoms with Crippen molar-refractivity contribution in [2.24, 2.45) is 40.9 Å². The summed E-state index contributed by atoms with van der Waals surface area (Å²) in [6.07, 6.45) is 11.7. The van der Waals surface area contributed by atoms with Crippen LogP contribution in [0.3, 0.4) is 0 Å². The highest BCUT2D eigenvalue weighted by atomic mass is 16.6. The van der Waals surface area contributed by atoms with E-state index in [1.54, 1.807) is 13.8 Å². The van der Waals surface area contributed by atoms with Crippen molar-refractivity contribution in [2.45, 2.75) is 116 Å². The second kappa shape index (κ2) is 8.90. The molecule has 1 heterocycles. The third kappa shape index (κ3) is 3.92. The lowest BCUT2D eigenvalue weighted by atomic mass is 9.49. The van der Waals surface area contributed by atoms with Crippen molar-refractivity contribution in [2.75, 3.05) is 0 Å². The molecule has 34 heavy (non-hydrogen) atoms. The monoisotopic (exact) mass is 474 g/mol. The van der Waals surface area contributed by atoms with Crippen LogP contribution in [-0.4, -0.2) is 35.7 Å². The zero-order valence-corrected chi connectivity index (χ0v) is 21.3. The molecule has 5 aliphatic carbocycles. The van der Waals surface area contributed by atoms with Gasteiger partial charge in [0.15, 0.2) is 0 Å². The van der Waals surface area contributed by atoms with Gasteiger partial charge in [-0.2, -0.15) is 0 Å². The molecule has 5 saturated carbocycles. The van der Waals surface area contributed by atoms with Crippen LogP contribution in [0.5, 0.6) is 0 Å². The first-order valence-electron chi connectivity index (χ1n) is 13.8. The lowest BCUT2D eigenvalue weighted by Gasteiger charge is -2.60. The van der Waals surface area contributed by atoms with Crippen LogP contribution >= 0.6 is 0 Å². The van der Waals surface area contributed by atoms with Crippen LogP contribution in [0.1, 0.15) is 98.3 Å². The summed E-state index contributed by atoms with van der Waals surface area (Å²) >= 11 is 0. The van der Waals surface area contributed by atoms with Gasteiger partial charge in [0.1, 0.15) is 5.60 Å². The second-order valence-corrected chi connectivity index (χ2v) is 12.6. The second-order valence-electron chi connectivity index (χ2n) is 12.6. The Balaban J connectivity index is 1.35.